The number of hydrogen-bond donors (Lipinski definition) is 0. The van der Waals surface area contributed by atoms with E-state index in [-0.39, 0.29) is 5.56 Å². The highest BCUT2D eigenvalue weighted by Crippen LogP contribution is 2.27. The number of aromatic nitrogens is 1. The topological polar surface area (TPSA) is 39.2 Å². The molecule has 0 saturated heterocycles. The van der Waals surface area contributed by atoms with E-state index in [1.807, 2.05) is 6.92 Å². The van der Waals surface area contributed by atoms with Gasteiger partial charge >= 0.3 is 5.97 Å². The third kappa shape index (κ3) is 2.62. The summed E-state index contributed by atoms with van der Waals surface area (Å²) in [6.45, 7) is 1.99. The van der Waals surface area contributed by atoms with Crippen molar-refractivity contribution in [2.45, 2.75) is 13.3 Å². The summed E-state index contributed by atoms with van der Waals surface area (Å²) in [5, 5.41) is 0. The Balaban J connectivity index is 2.49. The largest absolute Gasteiger partial charge is 0.465 e. The highest BCUT2D eigenvalue weighted by atomic mass is 19.1. The van der Waals surface area contributed by atoms with Gasteiger partial charge in [0.1, 0.15) is 5.82 Å². The molecule has 0 unspecified atom stereocenters. The number of ether oxygens (including phenoxy) is 1. The highest BCUT2D eigenvalue weighted by molar-refractivity contribution is 5.90. The van der Waals surface area contributed by atoms with E-state index in [0.29, 0.717) is 5.56 Å². The van der Waals surface area contributed by atoms with Crippen molar-refractivity contribution in [2.75, 3.05) is 7.11 Å². The molecular formula is C15H14FNO2. The van der Waals surface area contributed by atoms with Crippen LogP contribution in [-0.2, 0) is 11.2 Å². The van der Waals surface area contributed by atoms with Crippen LogP contribution in [0.2, 0.25) is 0 Å². The molecule has 0 atom stereocenters. The number of esters is 1. The zero-order chi connectivity index (χ0) is 13.8. The fourth-order valence-corrected chi connectivity index (χ4v) is 1.95. The van der Waals surface area contributed by atoms with Crippen molar-refractivity contribution in [1.29, 1.82) is 0 Å². The Labute approximate surface area is 111 Å². The van der Waals surface area contributed by atoms with Crippen LogP contribution in [0, 0.1) is 5.82 Å². The monoisotopic (exact) mass is 259 g/mol. The van der Waals surface area contributed by atoms with Crippen molar-refractivity contribution in [3.8, 4) is 11.1 Å². The Morgan fingerprint density at radius 3 is 2.74 bits per heavy atom. The van der Waals surface area contributed by atoms with Gasteiger partial charge in [0.05, 0.1) is 12.7 Å². The van der Waals surface area contributed by atoms with Crippen LogP contribution in [0.25, 0.3) is 11.1 Å². The van der Waals surface area contributed by atoms with Crippen molar-refractivity contribution in [2.24, 2.45) is 0 Å². The van der Waals surface area contributed by atoms with Gasteiger partial charge in [-0.15, -0.1) is 0 Å². The quantitative estimate of drug-likeness (QED) is 0.794. The van der Waals surface area contributed by atoms with Crippen LogP contribution >= 0.6 is 0 Å². The van der Waals surface area contributed by atoms with E-state index in [0.717, 1.165) is 17.5 Å². The Hall–Kier alpha value is -2.23. The van der Waals surface area contributed by atoms with Crippen LogP contribution in [0.4, 0.5) is 4.39 Å². The summed E-state index contributed by atoms with van der Waals surface area (Å²) < 4.78 is 18.7. The minimum atomic E-state index is -0.545. The fourth-order valence-electron chi connectivity index (χ4n) is 1.95. The lowest BCUT2D eigenvalue weighted by atomic mass is 9.98. The van der Waals surface area contributed by atoms with E-state index < -0.39 is 11.8 Å². The summed E-state index contributed by atoms with van der Waals surface area (Å²) in [6.07, 6.45) is 4.12. The molecule has 98 valence electrons. The van der Waals surface area contributed by atoms with Crippen LogP contribution in [-0.4, -0.2) is 18.1 Å². The van der Waals surface area contributed by atoms with Gasteiger partial charge in [0.15, 0.2) is 0 Å². The molecule has 0 aliphatic heterocycles. The summed E-state index contributed by atoms with van der Waals surface area (Å²) in [5.74, 6) is -0.986. The lowest BCUT2D eigenvalue weighted by Crippen LogP contribution is -2.02. The summed E-state index contributed by atoms with van der Waals surface area (Å²) in [4.78, 5) is 15.4. The SMILES string of the molecule is CCc1cnccc1-c1ccc(C(=O)OC)cc1F. The zero-order valence-corrected chi connectivity index (χ0v) is 10.8. The van der Waals surface area contributed by atoms with Crippen molar-refractivity contribution >= 4 is 5.97 Å². The second-order valence-corrected chi connectivity index (χ2v) is 4.07. The molecule has 19 heavy (non-hydrogen) atoms. The molecule has 0 amide bonds. The summed E-state index contributed by atoms with van der Waals surface area (Å²) in [7, 11) is 1.27. The lowest BCUT2D eigenvalue weighted by Gasteiger charge is -2.09. The molecule has 2 rings (SSSR count). The van der Waals surface area contributed by atoms with Gasteiger partial charge in [0.2, 0.25) is 0 Å². The second kappa shape index (κ2) is 5.61. The zero-order valence-electron chi connectivity index (χ0n) is 10.8. The summed E-state index contributed by atoms with van der Waals surface area (Å²) >= 11 is 0. The maximum Gasteiger partial charge on any atom is 0.337 e. The molecule has 0 radical (unpaired) electrons. The van der Waals surface area contributed by atoms with Gasteiger partial charge in [-0.05, 0) is 35.7 Å². The molecule has 3 nitrogen and oxygen atoms in total. The number of rotatable bonds is 3. The summed E-state index contributed by atoms with van der Waals surface area (Å²) in [5.41, 5.74) is 2.43. The first kappa shape index (κ1) is 13.2. The molecule has 0 spiro atoms. The first-order valence-corrected chi connectivity index (χ1v) is 5.98. The predicted molar refractivity (Wildman–Crippen MR) is 70.3 cm³/mol. The van der Waals surface area contributed by atoms with Gasteiger partial charge < -0.3 is 4.74 Å². The van der Waals surface area contributed by atoms with Crippen LogP contribution < -0.4 is 0 Å². The second-order valence-electron chi connectivity index (χ2n) is 4.07. The molecular weight excluding hydrogens is 245 g/mol. The summed E-state index contributed by atoms with van der Waals surface area (Å²) in [6, 6.07) is 6.12. The van der Waals surface area contributed by atoms with Crippen molar-refractivity contribution in [3.63, 3.8) is 0 Å². The van der Waals surface area contributed by atoms with Gasteiger partial charge in [-0.2, -0.15) is 0 Å². The van der Waals surface area contributed by atoms with Gasteiger partial charge in [-0.25, -0.2) is 9.18 Å². The first-order chi connectivity index (χ1) is 9.17. The number of methoxy groups -OCH3 is 1. The number of hydrogen-bond acceptors (Lipinski definition) is 3. The number of carbonyl (C=O) groups is 1. The molecule has 2 aromatic rings. The molecule has 0 fully saturated rings. The number of nitrogens with zero attached hydrogens (tertiary/aromatic N) is 1. The fraction of sp³-hybridized carbons (Fsp3) is 0.200. The normalized spacial score (nSPS) is 10.3. The van der Waals surface area contributed by atoms with Crippen LogP contribution in [0.5, 0.6) is 0 Å². The molecule has 0 saturated carbocycles. The number of benzene rings is 1. The van der Waals surface area contributed by atoms with Gasteiger partial charge in [0, 0.05) is 18.0 Å². The van der Waals surface area contributed by atoms with Crippen molar-refractivity contribution in [1.82, 2.24) is 4.98 Å². The van der Waals surface area contributed by atoms with E-state index in [1.165, 1.54) is 13.2 Å². The van der Waals surface area contributed by atoms with Crippen molar-refractivity contribution in [3.05, 3.63) is 53.6 Å². The predicted octanol–water partition coefficient (Wildman–Crippen LogP) is 3.24. The highest BCUT2D eigenvalue weighted by Gasteiger charge is 2.12. The molecule has 0 aliphatic rings. The molecule has 0 N–H and O–H groups in total. The van der Waals surface area contributed by atoms with Crippen LogP contribution in [0.1, 0.15) is 22.8 Å². The molecule has 1 aromatic carbocycles. The first-order valence-electron chi connectivity index (χ1n) is 5.98. The van der Waals surface area contributed by atoms with Gasteiger partial charge in [0.25, 0.3) is 0 Å². The minimum Gasteiger partial charge on any atom is -0.465 e. The van der Waals surface area contributed by atoms with Crippen LogP contribution in [0.3, 0.4) is 0 Å². The average molecular weight is 259 g/mol. The maximum absolute atomic E-state index is 14.1. The smallest absolute Gasteiger partial charge is 0.337 e. The van der Waals surface area contributed by atoms with E-state index in [1.54, 1.807) is 30.6 Å². The third-order valence-electron chi connectivity index (χ3n) is 2.96. The van der Waals surface area contributed by atoms with E-state index >= 15 is 0 Å². The van der Waals surface area contributed by atoms with Gasteiger partial charge in [-0.3, -0.25) is 4.98 Å². The maximum atomic E-state index is 14.1. The molecule has 1 heterocycles. The standard InChI is InChI=1S/C15H14FNO2/c1-3-10-9-17-7-6-12(10)13-5-4-11(8-14(13)16)15(18)19-2/h4-9H,3H2,1-2H3. The van der Waals surface area contributed by atoms with E-state index in [4.69, 9.17) is 0 Å². The minimum absolute atomic E-state index is 0.204. The van der Waals surface area contributed by atoms with Crippen LogP contribution in [0.15, 0.2) is 36.7 Å². The number of aryl methyl sites for hydroxylation is 1. The lowest BCUT2D eigenvalue weighted by molar-refractivity contribution is 0.0600. The Bertz CT molecular complexity index is 611. The molecule has 1 aromatic heterocycles. The molecule has 0 bridgehead atoms. The van der Waals surface area contributed by atoms with E-state index in [2.05, 4.69) is 9.72 Å². The Morgan fingerprint density at radius 2 is 2.11 bits per heavy atom. The molecule has 4 heteroatoms. The van der Waals surface area contributed by atoms with E-state index in [9.17, 15) is 9.18 Å². The van der Waals surface area contributed by atoms with Gasteiger partial charge in [-0.1, -0.05) is 13.0 Å². The number of pyridine rings is 1. The Morgan fingerprint density at radius 1 is 1.32 bits per heavy atom. The number of halogens is 1. The average Bonchev–Trinajstić information content (AvgIpc) is 2.46. The third-order valence-corrected chi connectivity index (χ3v) is 2.96. The molecule has 0 aliphatic carbocycles. The van der Waals surface area contributed by atoms with Crippen molar-refractivity contribution < 1.29 is 13.9 Å². The Kier molecular flexibility index (Phi) is 3.90. The number of carbonyl (C=O) groups excluding carboxylic acids is 1.